The van der Waals surface area contributed by atoms with Gasteiger partial charge in [0.25, 0.3) is 0 Å². The zero-order valence-electron chi connectivity index (χ0n) is 21.0. The monoisotopic (exact) mass is 481 g/mol. The molecule has 2 aliphatic rings. The SMILES string of the molecule is C=C/C=C\C=C/Cc1cccc2nc(C3=CNCC(C(O)C(C)C)=C3)nc(NCC3C=CC=CN3)c12. The smallest absolute Gasteiger partial charge is 0.163 e. The molecule has 0 saturated heterocycles. The zero-order valence-corrected chi connectivity index (χ0v) is 21.0. The second kappa shape index (κ2) is 12.2. The van der Waals surface area contributed by atoms with E-state index in [4.69, 9.17) is 9.97 Å². The summed E-state index contributed by atoms with van der Waals surface area (Å²) in [7, 11) is 0. The van der Waals surface area contributed by atoms with Crippen molar-refractivity contribution in [2.24, 2.45) is 5.92 Å². The van der Waals surface area contributed by atoms with Crippen LogP contribution in [0.5, 0.6) is 0 Å². The predicted molar refractivity (Wildman–Crippen MR) is 150 cm³/mol. The minimum atomic E-state index is -0.509. The van der Waals surface area contributed by atoms with E-state index in [0.29, 0.717) is 18.9 Å². The van der Waals surface area contributed by atoms with Gasteiger partial charge < -0.3 is 21.1 Å². The first-order valence-corrected chi connectivity index (χ1v) is 12.5. The molecule has 0 aliphatic carbocycles. The highest BCUT2D eigenvalue weighted by atomic mass is 16.3. The van der Waals surface area contributed by atoms with Gasteiger partial charge in [-0.3, -0.25) is 0 Å². The molecule has 3 heterocycles. The van der Waals surface area contributed by atoms with Crippen LogP contribution in [0.15, 0.2) is 97.4 Å². The van der Waals surface area contributed by atoms with Crippen LogP contribution in [0.1, 0.15) is 25.2 Å². The number of dihydropyridines is 2. The molecule has 0 amide bonds. The number of nitrogens with zero attached hydrogens (tertiary/aromatic N) is 2. The quantitative estimate of drug-likeness (QED) is 0.365. The summed E-state index contributed by atoms with van der Waals surface area (Å²) in [6, 6.07) is 6.36. The van der Waals surface area contributed by atoms with Crippen molar-refractivity contribution in [3.05, 3.63) is 109 Å². The number of rotatable bonds is 10. The highest BCUT2D eigenvalue weighted by Gasteiger charge is 2.20. The molecule has 0 bridgehead atoms. The molecule has 0 fully saturated rings. The number of nitrogens with one attached hydrogen (secondary N) is 3. The van der Waals surface area contributed by atoms with Gasteiger partial charge in [-0.15, -0.1) is 0 Å². The Hall–Kier alpha value is -3.90. The van der Waals surface area contributed by atoms with Crippen molar-refractivity contribution < 1.29 is 5.11 Å². The molecule has 6 nitrogen and oxygen atoms in total. The maximum Gasteiger partial charge on any atom is 0.163 e. The van der Waals surface area contributed by atoms with Crippen molar-refractivity contribution in [2.75, 3.05) is 18.4 Å². The number of allylic oxidation sites excluding steroid dienone is 9. The first kappa shape index (κ1) is 25.2. The average molecular weight is 482 g/mol. The van der Waals surface area contributed by atoms with Crippen LogP contribution in [0.2, 0.25) is 0 Å². The number of aromatic nitrogens is 2. The standard InChI is InChI=1S/C30H35N5O/c1-4-5-6-7-8-12-22-13-11-15-26-27(22)30(33-20-25-14-9-10-16-32-25)35-29(34-26)24-17-23(18-31-19-24)28(36)21(2)3/h4-11,13-17,19,21,25,28,31-32,36H,1,12,18,20H2,2-3H3,(H,33,34,35)/b6-5-,8-7-. The summed E-state index contributed by atoms with van der Waals surface area (Å²) in [5, 5.41) is 21.9. The van der Waals surface area contributed by atoms with Crippen molar-refractivity contribution >= 4 is 22.3 Å². The molecule has 6 heteroatoms. The zero-order chi connectivity index (χ0) is 25.3. The number of hydrogen-bond donors (Lipinski definition) is 4. The highest BCUT2D eigenvalue weighted by Crippen LogP contribution is 2.29. The van der Waals surface area contributed by atoms with Gasteiger partial charge in [0.15, 0.2) is 5.82 Å². The summed E-state index contributed by atoms with van der Waals surface area (Å²) in [6.07, 6.45) is 22.1. The van der Waals surface area contributed by atoms with Crippen LogP contribution in [0, 0.1) is 5.92 Å². The van der Waals surface area contributed by atoms with Crippen LogP contribution in [-0.2, 0) is 6.42 Å². The van der Waals surface area contributed by atoms with E-state index in [2.05, 4.69) is 40.7 Å². The van der Waals surface area contributed by atoms with Crippen molar-refractivity contribution in [1.29, 1.82) is 0 Å². The molecule has 2 unspecified atom stereocenters. The van der Waals surface area contributed by atoms with Crippen molar-refractivity contribution in [2.45, 2.75) is 32.4 Å². The second-order valence-electron chi connectivity index (χ2n) is 9.25. The number of aliphatic hydroxyl groups excluding tert-OH is 1. The van der Waals surface area contributed by atoms with E-state index < -0.39 is 6.10 Å². The third-order valence-corrected chi connectivity index (χ3v) is 6.17. The van der Waals surface area contributed by atoms with Gasteiger partial charge in [-0.05, 0) is 47.9 Å². The van der Waals surface area contributed by atoms with E-state index in [9.17, 15) is 5.11 Å². The molecule has 1 aromatic carbocycles. The first-order valence-electron chi connectivity index (χ1n) is 12.5. The van der Waals surface area contributed by atoms with E-state index in [0.717, 1.165) is 39.9 Å². The largest absolute Gasteiger partial charge is 0.388 e. The van der Waals surface area contributed by atoms with E-state index in [1.54, 1.807) is 6.08 Å². The minimum Gasteiger partial charge on any atom is -0.388 e. The van der Waals surface area contributed by atoms with E-state index >= 15 is 0 Å². The summed E-state index contributed by atoms with van der Waals surface area (Å²) in [5.74, 6) is 1.56. The van der Waals surface area contributed by atoms with Gasteiger partial charge in [-0.2, -0.15) is 0 Å². The Morgan fingerprint density at radius 1 is 1.19 bits per heavy atom. The molecule has 186 valence electrons. The first-order chi connectivity index (χ1) is 17.6. The number of aliphatic hydroxyl groups is 1. The number of fused-ring (bicyclic) bond motifs is 1. The molecular weight excluding hydrogens is 446 g/mol. The van der Waals surface area contributed by atoms with Gasteiger partial charge in [0.1, 0.15) is 5.82 Å². The van der Waals surface area contributed by atoms with E-state index in [1.165, 1.54) is 0 Å². The lowest BCUT2D eigenvalue weighted by molar-refractivity contribution is 0.158. The number of anilines is 1. The Bertz CT molecular complexity index is 1270. The summed E-state index contributed by atoms with van der Waals surface area (Å²) < 4.78 is 0. The van der Waals surface area contributed by atoms with Crippen LogP contribution in [-0.4, -0.2) is 40.3 Å². The topological polar surface area (TPSA) is 82.1 Å². The molecule has 4 rings (SSSR count). The van der Waals surface area contributed by atoms with Gasteiger partial charge in [0.05, 0.1) is 17.7 Å². The Morgan fingerprint density at radius 2 is 2.08 bits per heavy atom. The van der Waals surface area contributed by atoms with Crippen LogP contribution in [0.25, 0.3) is 16.5 Å². The molecule has 2 atom stereocenters. The molecule has 2 aromatic rings. The number of benzene rings is 1. The fourth-order valence-corrected chi connectivity index (χ4v) is 4.24. The summed E-state index contributed by atoms with van der Waals surface area (Å²) in [6.45, 7) is 9.05. The Morgan fingerprint density at radius 3 is 2.86 bits per heavy atom. The van der Waals surface area contributed by atoms with Crippen LogP contribution in [0.3, 0.4) is 0 Å². The minimum absolute atomic E-state index is 0.134. The lowest BCUT2D eigenvalue weighted by Crippen LogP contribution is -2.31. The van der Waals surface area contributed by atoms with Crippen LogP contribution >= 0.6 is 0 Å². The van der Waals surface area contributed by atoms with Gasteiger partial charge in [-0.25, -0.2) is 9.97 Å². The molecule has 4 N–H and O–H groups in total. The molecule has 36 heavy (non-hydrogen) atoms. The molecule has 0 radical (unpaired) electrons. The average Bonchev–Trinajstić information content (AvgIpc) is 2.91. The summed E-state index contributed by atoms with van der Waals surface area (Å²) in [5.41, 5.74) is 3.84. The van der Waals surface area contributed by atoms with E-state index in [1.807, 2.05) is 74.8 Å². The van der Waals surface area contributed by atoms with Gasteiger partial charge >= 0.3 is 0 Å². The van der Waals surface area contributed by atoms with Gasteiger partial charge in [-0.1, -0.05) is 75.1 Å². The normalized spacial score (nSPS) is 18.3. The molecular formula is C30H35N5O. The Kier molecular flexibility index (Phi) is 8.53. The number of hydrogen-bond acceptors (Lipinski definition) is 6. The third kappa shape index (κ3) is 6.20. The lowest BCUT2D eigenvalue weighted by Gasteiger charge is -2.23. The maximum absolute atomic E-state index is 10.6. The van der Waals surface area contributed by atoms with Gasteiger partial charge in [0, 0.05) is 30.2 Å². The molecule has 0 spiro atoms. The van der Waals surface area contributed by atoms with Crippen molar-refractivity contribution in [3.63, 3.8) is 0 Å². The Balaban J connectivity index is 1.72. The lowest BCUT2D eigenvalue weighted by atomic mass is 9.95. The second-order valence-corrected chi connectivity index (χ2v) is 9.25. The van der Waals surface area contributed by atoms with Crippen molar-refractivity contribution in [3.8, 4) is 0 Å². The van der Waals surface area contributed by atoms with Crippen LogP contribution in [0.4, 0.5) is 5.82 Å². The molecule has 0 saturated carbocycles. The molecule has 1 aromatic heterocycles. The van der Waals surface area contributed by atoms with E-state index in [-0.39, 0.29) is 12.0 Å². The fourth-order valence-electron chi connectivity index (χ4n) is 4.24. The fraction of sp³-hybridized carbons (Fsp3) is 0.267. The maximum atomic E-state index is 10.6. The van der Waals surface area contributed by atoms with Gasteiger partial charge in [0.2, 0.25) is 0 Å². The van der Waals surface area contributed by atoms with Crippen molar-refractivity contribution in [1.82, 2.24) is 20.6 Å². The molecule has 2 aliphatic heterocycles. The predicted octanol–water partition coefficient (Wildman–Crippen LogP) is 4.81. The highest BCUT2D eigenvalue weighted by molar-refractivity contribution is 5.94. The van der Waals surface area contributed by atoms with Crippen LogP contribution < -0.4 is 16.0 Å². The summed E-state index contributed by atoms with van der Waals surface area (Å²) in [4.78, 5) is 9.92. The summed E-state index contributed by atoms with van der Waals surface area (Å²) >= 11 is 0. The third-order valence-electron chi connectivity index (χ3n) is 6.17. The Labute approximate surface area is 213 Å².